The van der Waals surface area contributed by atoms with Gasteiger partial charge in [-0.05, 0) is 79.4 Å². The van der Waals surface area contributed by atoms with Crippen molar-refractivity contribution in [3.05, 3.63) is 62.0 Å². The highest BCUT2D eigenvalue weighted by molar-refractivity contribution is 9.10. The molecule has 2 rings (SSSR count). The van der Waals surface area contributed by atoms with Gasteiger partial charge in [-0.3, -0.25) is 9.59 Å². The summed E-state index contributed by atoms with van der Waals surface area (Å²) in [6.45, 7) is 9.48. The normalized spacial score (nSPS) is 12.2. The lowest BCUT2D eigenvalue weighted by Gasteiger charge is -2.33. The third-order valence-corrected chi connectivity index (χ3v) is 6.36. The Morgan fingerprint density at radius 1 is 1.12 bits per heavy atom. The van der Waals surface area contributed by atoms with E-state index in [0.717, 1.165) is 16.5 Å². The molecule has 2 amide bonds. The van der Waals surface area contributed by atoms with Crippen LogP contribution in [0.3, 0.4) is 0 Å². The molecular formula is C25H31BrCl2N2O3. The van der Waals surface area contributed by atoms with E-state index >= 15 is 0 Å². The summed E-state index contributed by atoms with van der Waals surface area (Å²) in [4.78, 5) is 27.9. The minimum atomic E-state index is -0.710. The van der Waals surface area contributed by atoms with Crippen LogP contribution in [0.25, 0.3) is 0 Å². The second-order valence-corrected chi connectivity index (χ2v) is 10.5. The van der Waals surface area contributed by atoms with Crippen molar-refractivity contribution >= 4 is 50.9 Å². The molecule has 1 N–H and O–H groups in total. The van der Waals surface area contributed by atoms with Crippen LogP contribution in [0.4, 0.5) is 0 Å². The molecule has 0 aliphatic heterocycles. The van der Waals surface area contributed by atoms with Crippen molar-refractivity contribution in [2.45, 2.75) is 65.6 Å². The van der Waals surface area contributed by atoms with Gasteiger partial charge >= 0.3 is 0 Å². The Bertz CT molecular complexity index is 972. The van der Waals surface area contributed by atoms with Gasteiger partial charge in [0, 0.05) is 27.7 Å². The highest BCUT2D eigenvalue weighted by atomic mass is 79.9. The summed E-state index contributed by atoms with van der Waals surface area (Å²) in [7, 11) is 0. The van der Waals surface area contributed by atoms with Crippen molar-refractivity contribution in [1.82, 2.24) is 10.2 Å². The minimum absolute atomic E-state index is 0.0900. The van der Waals surface area contributed by atoms with Gasteiger partial charge in [-0.1, -0.05) is 49.2 Å². The molecule has 33 heavy (non-hydrogen) atoms. The molecule has 2 aromatic carbocycles. The van der Waals surface area contributed by atoms with Crippen LogP contribution in [0.5, 0.6) is 5.75 Å². The summed E-state index contributed by atoms with van der Waals surface area (Å²) in [6.07, 6.45) is 1.32. The topological polar surface area (TPSA) is 58.6 Å². The first-order valence-electron chi connectivity index (χ1n) is 10.9. The van der Waals surface area contributed by atoms with Crippen molar-refractivity contribution in [2.24, 2.45) is 0 Å². The molecule has 1 atom stereocenters. The summed E-state index contributed by atoms with van der Waals surface area (Å²) in [5, 5.41) is 3.84. The number of nitrogens with zero attached hydrogens (tertiary/aromatic N) is 1. The van der Waals surface area contributed by atoms with Crippen molar-refractivity contribution < 1.29 is 14.3 Å². The summed E-state index contributed by atoms with van der Waals surface area (Å²) in [6, 6.07) is 10.2. The maximum Gasteiger partial charge on any atom is 0.261 e. The molecule has 180 valence electrons. The first-order chi connectivity index (χ1) is 15.5. The number of halogens is 3. The SMILES string of the molecule is CCc1ccc(OCC(=O)N(Cc2c(Cl)cccc2Cl)[C@H](CC)C(=O)NC(C)(C)C)c(Br)c1. The largest absolute Gasteiger partial charge is 0.483 e. The Labute approximate surface area is 214 Å². The van der Waals surface area contributed by atoms with Crippen LogP contribution >= 0.6 is 39.1 Å². The molecule has 0 fully saturated rings. The maximum absolute atomic E-state index is 13.4. The molecule has 0 aliphatic carbocycles. The third-order valence-electron chi connectivity index (χ3n) is 5.03. The summed E-state index contributed by atoms with van der Waals surface area (Å²) >= 11 is 16.2. The Balaban J connectivity index is 2.32. The number of amides is 2. The zero-order chi connectivity index (χ0) is 24.8. The predicted octanol–water partition coefficient (Wildman–Crippen LogP) is 6.42. The fourth-order valence-corrected chi connectivity index (χ4v) is 4.39. The van der Waals surface area contributed by atoms with E-state index in [0.29, 0.717) is 27.8 Å². The second kappa shape index (κ2) is 12.1. The number of carbonyl (C=O) groups is 2. The molecule has 2 aromatic rings. The van der Waals surface area contributed by atoms with E-state index in [9.17, 15) is 9.59 Å². The van der Waals surface area contributed by atoms with E-state index in [1.54, 1.807) is 18.2 Å². The van der Waals surface area contributed by atoms with Crippen LogP contribution in [0.1, 0.15) is 52.2 Å². The van der Waals surface area contributed by atoms with Crippen molar-refractivity contribution in [3.63, 3.8) is 0 Å². The quantitative estimate of drug-likeness (QED) is 0.387. The fraction of sp³-hybridized carbons (Fsp3) is 0.440. The second-order valence-electron chi connectivity index (χ2n) is 8.79. The molecule has 0 bridgehead atoms. The van der Waals surface area contributed by atoms with Gasteiger partial charge in [-0.15, -0.1) is 0 Å². The average molecular weight is 558 g/mol. The highest BCUT2D eigenvalue weighted by Gasteiger charge is 2.31. The molecule has 0 saturated heterocycles. The van der Waals surface area contributed by atoms with E-state index in [1.807, 2.05) is 45.9 Å². The summed E-state index contributed by atoms with van der Waals surface area (Å²) in [5.74, 6) is -0.0214. The fourth-order valence-electron chi connectivity index (χ4n) is 3.33. The molecular weight excluding hydrogens is 527 g/mol. The van der Waals surface area contributed by atoms with E-state index in [2.05, 4.69) is 28.2 Å². The Kier molecular flexibility index (Phi) is 10.1. The molecule has 5 nitrogen and oxygen atoms in total. The van der Waals surface area contributed by atoms with Gasteiger partial charge in [0.1, 0.15) is 11.8 Å². The number of ether oxygens (including phenoxy) is 1. The third kappa shape index (κ3) is 7.90. The number of nitrogens with one attached hydrogen (secondary N) is 1. The first kappa shape index (κ1) is 27.5. The van der Waals surface area contributed by atoms with Crippen LogP contribution in [0, 0.1) is 0 Å². The van der Waals surface area contributed by atoms with Crippen molar-refractivity contribution in [1.29, 1.82) is 0 Å². The lowest BCUT2D eigenvalue weighted by Crippen LogP contribution is -2.54. The van der Waals surface area contributed by atoms with E-state index < -0.39 is 11.6 Å². The molecule has 0 spiro atoms. The first-order valence-corrected chi connectivity index (χ1v) is 12.5. The molecule has 0 heterocycles. The molecule has 0 saturated carbocycles. The van der Waals surface area contributed by atoms with E-state index in [4.69, 9.17) is 27.9 Å². The predicted molar refractivity (Wildman–Crippen MR) is 138 cm³/mol. The smallest absolute Gasteiger partial charge is 0.261 e. The van der Waals surface area contributed by atoms with Crippen LogP contribution in [-0.2, 0) is 22.6 Å². The Hall–Kier alpha value is -1.76. The molecule has 0 unspecified atom stereocenters. The van der Waals surface area contributed by atoms with Gasteiger partial charge < -0.3 is 15.0 Å². The molecule has 0 radical (unpaired) electrons. The van der Waals surface area contributed by atoms with Gasteiger partial charge in [0.05, 0.1) is 4.47 Å². The van der Waals surface area contributed by atoms with Crippen molar-refractivity contribution in [3.8, 4) is 5.75 Å². The number of hydrogen-bond donors (Lipinski definition) is 1. The number of hydrogen-bond acceptors (Lipinski definition) is 3. The average Bonchev–Trinajstić information content (AvgIpc) is 2.73. The standard InChI is InChI=1S/C25H31BrCl2N2O3/c1-6-16-11-12-22(18(26)13-16)33-15-23(31)30(14-17-19(27)9-8-10-20(17)28)21(7-2)24(32)29-25(3,4)5/h8-13,21H,6-7,14-15H2,1-5H3,(H,29,32)/t21-/m1/s1. The maximum atomic E-state index is 13.4. The highest BCUT2D eigenvalue weighted by Crippen LogP contribution is 2.28. The van der Waals surface area contributed by atoms with Crippen molar-refractivity contribution in [2.75, 3.05) is 6.61 Å². The van der Waals surface area contributed by atoms with E-state index in [1.165, 1.54) is 4.90 Å². The van der Waals surface area contributed by atoms with Crippen LogP contribution in [0.2, 0.25) is 10.0 Å². The summed E-state index contributed by atoms with van der Waals surface area (Å²) in [5.41, 5.74) is 1.30. The number of carbonyl (C=O) groups excluding carboxylic acids is 2. The zero-order valence-electron chi connectivity index (χ0n) is 19.7. The monoisotopic (exact) mass is 556 g/mol. The van der Waals surface area contributed by atoms with Gasteiger partial charge in [-0.2, -0.15) is 0 Å². The lowest BCUT2D eigenvalue weighted by atomic mass is 10.1. The van der Waals surface area contributed by atoms with Gasteiger partial charge in [0.15, 0.2) is 6.61 Å². The Morgan fingerprint density at radius 3 is 2.27 bits per heavy atom. The van der Waals surface area contributed by atoms with Crippen LogP contribution in [0.15, 0.2) is 40.9 Å². The zero-order valence-corrected chi connectivity index (χ0v) is 22.8. The molecule has 8 heteroatoms. The van der Waals surface area contributed by atoms with Gasteiger partial charge in [-0.25, -0.2) is 0 Å². The Morgan fingerprint density at radius 2 is 1.76 bits per heavy atom. The van der Waals surface area contributed by atoms with Crippen LogP contribution in [-0.4, -0.2) is 34.9 Å². The number of rotatable bonds is 9. The summed E-state index contributed by atoms with van der Waals surface area (Å²) < 4.78 is 6.59. The van der Waals surface area contributed by atoms with E-state index in [-0.39, 0.29) is 25.0 Å². The van der Waals surface area contributed by atoms with Crippen LogP contribution < -0.4 is 10.1 Å². The molecule has 0 aromatic heterocycles. The number of benzene rings is 2. The number of aryl methyl sites for hydroxylation is 1. The molecule has 0 aliphatic rings. The van der Waals surface area contributed by atoms with Gasteiger partial charge in [0.25, 0.3) is 5.91 Å². The minimum Gasteiger partial charge on any atom is -0.483 e. The van der Waals surface area contributed by atoms with Gasteiger partial charge in [0.2, 0.25) is 5.91 Å². The lowest BCUT2D eigenvalue weighted by molar-refractivity contribution is -0.143.